The van der Waals surface area contributed by atoms with Gasteiger partial charge in [0, 0.05) is 6.54 Å². The largest absolute Gasteiger partial charge is 0.355 e. The van der Waals surface area contributed by atoms with Crippen LogP contribution in [0.5, 0.6) is 0 Å². The molecule has 2 N–H and O–H groups in total. The molecular formula is C12H14ClN3OS. The number of H-pyrrole nitrogens is 1. The van der Waals surface area contributed by atoms with Gasteiger partial charge in [0.1, 0.15) is 6.54 Å². The Bertz CT molecular complexity index is 632. The van der Waals surface area contributed by atoms with E-state index in [1.807, 2.05) is 19.1 Å². The van der Waals surface area contributed by atoms with Crippen molar-refractivity contribution in [1.29, 1.82) is 0 Å². The number of halogens is 1. The van der Waals surface area contributed by atoms with Crippen molar-refractivity contribution in [3.63, 3.8) is 0 Å². The van der Waals surface area contributed by atoms with E-state index in [0.717, 1.165) is 17.5 Å². The number of aromatic amines is 1. The monoisotopic (exact) mass is 283 g/mol. The first kappa shape index (κ1) is 13.1. The quantitative estimate of drug-likeness (QED) is 0.848. The number of nitrogens with zero attached hydrogens (tertiary/aromatic N) is 1. The fourth-order valence-electron chi connectivity index (χ4n) is 1.79. The van der Waals surface area contributed by atoms with E-state index in [9.17, 15) is 4.79 Å². The molecule has 0 aliphatic carbocycles. The molecule has 0 atom stereocenters. The van der Waals surface area contributed by atoms with Gasteiger partial charge in [-0.3, -0.25) is 4.79 Å². The first-order valence-corrected chi connectivity index (χ1v) is 6.56. The second-order valence-corrected chi connectivity index (χ2v) is 4.80. The van der Waals surface area contributed by atoms with Gasteiger partial charge in [0.15, 0.2) is 4.77 Å². The molecule has 0 fully saturated rings. The van der Waals surface area contributed by atoms with Gasteiger partial charge in [-0.1, -0.05) is 24.6 Å². The van der Waals surface area contributed by atoms with Crippen LogP contribution in [0.3, 0.4) is 0 Å². The van der Waals surface area contributed by atoms with Gasteiger partial charge in [-0.05, 0) is 30.8 Å². The molecule has 0 aliphatic rings. The number of hydrogen-bond donors (Lipinski definition) is 2. The van der Waals surface area contributed by atoms with E-state index in [2.05, 4.69) is 10.3 Å². The van der Waals surface area contributed by atoms with Gasteiger partial charge in [0.05, 0.1) is 16.1 Å². The van der Waals surface area contributed by atoms with Crippen molar-refractivity contribution in [2.24, 2.45) is 0 Å². The Labute approximate surface area is 115 Å². The third-order valence-electron chi connectivity index (χ3n) is 2.62. The average Bonchev–Trinajstić information content (AvgIpc) is 2.65. The average molecular weight is 284 g/mol. The zero-order valence-corrected chi connectivity index (χ0v) is 11.6. The second-order valence-electron chi connectivity index (χ2n) is 4.00. The van der Waals surface area contributed by atoms with E-state index >= 15 is 0 Å². The van der Waals surface area contributed by atoms with Crippen molar-refractivity contribution >= 4 is 40.8 Å². The summed E-state index contributed by atoms with van der Waals surface area (Å²) in [5.74, 6) is -0.0613. The molecule has 1 heterocycles. The van der Waals surface area contributed by atoms with Gasteiger partial charge in [-0.25, -0.2) is 0 Å². The summed E-state index contributed by atoms with van der Waals surface area (Å²) in [6.45, 7) is 2.86. The Kier molecular flexibility index (Phi) is 4.04. The highest BCUT2D eigenvalue weighted by molar-refractivity contribution is 7.71. The molecule has 96 valence electrons. The van der Waals surface area contributed by atoms with Crippen LogP contribution in [0, 0.1) is 4.77 Å². The Hall–Kier alpha value is -1.33. The lowest BCUT2D eigenvalue weighted by Crippen LogP contribution is -2.28. The fraction of sp³-hybridized carbons (Fsp3) is 0.333. The third kappa shape index (κ3) is 2.57. The smallest absolute Gasteiger partial charge is 0.240 e. The zero-order chi connectivity index (χ0) is 13.1. The van der Waals surface area contributed by atoms with Gasteiger partial charge in [0.25, 0.3) is 0 Å². The molecule has 2 rings (SSSR count). The number of nitrogens with one attached hydrogen (secondary N) is 2. The van der Waals surface area contributed by atoms with Crippen molar-refractivity contribution in [3.8, 4) is 0 Å². The highest BCUT2D eigenvalue weighted by atomic mass is 35.5. The minimum atomic E-state index is -0.0613. The number of aromatic nitrogens is 2. The van der Waals surface area contributed by atoms with E-state index < -0.39 is 0 Å². The molecule has 0 aliphatic heterocycles. The molecule has 2 aromatic rings. The van der Waals surface area contributed by atoms with E-state index in [0.29, 0.717) is 16.3 Å². The number of fused-ring (bicyclic) bond motifs is 1. The maximum atomic E-state index is 11.7. The van der Waals surface area contributed by atoms with Crippen LogP contribution in [-0.2, 0) is 11.3 Å². The molecule has 0 bridgehead atoms. The number of hydrogen-bond acceptors (Lipinski definition) is 2. The molecule has 4 nitrogen and oxygen atoms in total. The number of benzene rings is 1. The lowest BCUT2D eigenvalue weighted by Gasteiger charge is -2.06. The normalized spacial score (nSPS) is 10.8. The molecule has 1 aromatic carbocycles. The number of para-hydroxylation sites is 1. The summed E-state index contributed by atoms with van der Waals surface area (Å²) >= 11 is 11.4. The maximum Gasteiger partial charge on any atom is 0.240 e. The summed E-state index contributed by atoms with van der Waals surface area (Å²) in [6.07, 6.45) is 0.909. The number of carbonyl (C=O) groups excluding carboxylic acids is 1. The standard InChI is InChI=1S/C12H14ClN3OS/c1-2-6-14-10(17)7-16-11-8(13)4-3-5-9(11)15-12(16)18/h3-5H,2,6-7H2,1H3,(H,14,17)(H,15,18). The fourth-order valence-corrected chi connectivity index (χ4v) is 2.33. The number of amides is 1. The molecule has 0 saturated heterocycles. The van der Waals surface area contributed by atoms with E-state index in [4.69, 9.17) is 23.8 Å². The van der Waals surface area contributed by atoms with Crippen LogP contribution < -0.4 is 5.32 Å². The predicted molar refractivity (Wildman–Crippen MR) is 75.4 cm³/mol. The summed E-state index contributed by atoms with van der Waals surface area (Å²) in [5, 5.41) is 3.41. The van der Waals surface area contributed by atoms with Crippen molar-refractivity contribution in [3.05, 3.63) is 28.0 Å². The number of imidazole rings is 1. The molecule has 1 amide bonds. The Morgan fingerprint density at radius 2 is 2.33 bits per heavy atom. The van der Waals surface area contributed by atoms with Gasteiger partial charge in [-0.2, -0.15) is 0 Å². The van der Waals surface area contributed by atoms with E-state index in [1.54, 1.807) is 10.6 Å². The summed E-state index contributed by atoms with van der Waals surface area (Å²) in [4.78, 5) is 14.8. The Balaban J connectivity index is 2.36. The minimum absolute atomic E-state index is 0.0613. The lowest BCUT2D eigenvalue weighted by atomic mass is 10.3. The van der Waals surface area contributed by atoms with Crippen molar-refractivity contribution in [2.75, 3.05) is 6.54 Å². The van der Waals surface area contributed by atoms with E-state index in [-0.39, 0.29) is 12.5 Å². The Morgan fingerprint density at radius 1 is 1.56 bits per heavy atom. The molecule has 1 aromatic heterocycles. The maximum absolute atomic E-state index is 11.7. The van der Waals surface area contributed by atoms with Gasteiger partial charge < -0.3 is 14.9 Å². The van der Waals surface area contributed by atoms with Gasteiger partial charge in [-0.15, -0.1) is 0 Å². The SMILES string of the molecule is CCCNC(=O)Cn1c(=S)[nH]c2cccc(Cl)c21. The summed E-state index contributed by atoms with van der Waals surface area (Å²) in [5.41, 5.74) is 1.62. The molecular weight excluding hydrogens is 270 g/mol. The third-order valence-corrected chi connectivity index (χ3v) is 3.24. The van der Waals surface area contributed by atoms with Crippen molar-refractivity contribution in [1.82, 2.24) is 14.9 Å². The highest BCUT2D eigenvalue weighted by Gasteiger charge is 2.10. The van der Waals surface area contributed by atoms with Crippen LogP contribution in [0.15, 0.2) is 18.2 Å². The topological polar surface area (TPSA) is 49.8 Å². The first-order chi connectivity index (χ1) is 8.63. The predicted octanol–water partition coefficient (Wildman–Crippen LogP) is 2.88. The van der Waals surface area contributed by atoms with Gasteiger partial charge in [0.2, 0.25) is 5.91 Å². The molecule has 0 radical (unpaired) electrons. The summed E-state index contributed by atoms with van der Waals surface area (Å²) < 4.78 is 2.22. The first-order valence-electron chi connectivity index (χ1n) is 5.77. The molecule has 6 heteroatoms. The summed E-state index contributed by atoms with van der Waals surface area (Å²) in [7, 11) is 0. The van der Waals surface area contributed by atoms with Crippen molar-refractivity contribution in [2.45, 2.75) is 19.9 Å². The Morgan fingerprint density at radius 3 is 3.06 bits per heavy atom. The van der Waals surface area contributed by atoms with Crippen LogP contribution in [0.1, 0.15) is 13.3 Å². The van der Waals surface area contributed by atoms with Crippen molar-refractivity contribution < 1.29 is 4.79 Å². The van der Waals surface area contributed by atoms with Crippen LogP contribution in [0.2, 0.25) is 5.02 Å². The number of carbonyl (C=O) groups is 1. The van der Waals surface area contributed by atoms with Crippen LogP contribution >= 0.6 is 23.8 Å². The van der Waals surface area contributed by atoms with Crippen LogP contribution in [-0.4, -0.2) is 22.0 Å². The molecule has 0 unspecified atom stereocenters. The summed E-state index contributed by atoms with van der Waals surface area (Å²) in [6, 6.07) is 5.52. The minimum Gasteiger partial charge on any atom is -0.355 e. The van der Waals surface area contributed by atoms with Crippen LogP contribution in [0.4, 0.5) is 0 Å². The molecule has 0 saturated carbocycles. The van der Waals surface area contributed by atoms with E-state index in [1.165, 1.54) is 0 Å². The molecule has 0 spiro atoms. The van der Waals surface area contributed by atoms with Gasteiger partial charge >= 0.3 is 0 Å². The lowest BCUT2D eigenvalue weighted by molar-refractivity contribution is -0.121. The second kappa shape index (κ2) is 5.54. The molecule has 18 heavy (non-hydrogen) atoms. The zero-order valence-electron chi connectivity index (χ0n) is 10.00. The van der Waals surface area contributed by atoms with Crippen LogP contribution in [0.25, 0.3) is 11.0 Å². The number of rotatable bonds is 4. The highest BCUT2D eigenvalue weighted by Crippen LogP contribution is 2.23.